The summed E-state index contributed by atoms with van der Waals surface area (Å²) in [5.74, 6) is -0.205. The van der Waals surface area contributed by atoms with Crippen molar-refractivity contribution in [1.82, 2.24) is 0 Å². The van der Waals surface area contributed by atoms with Crippen LogP contribution in [-0.4, -0.2) is 18.7 Å². The molecule has 0 aliphatic carbocycles. The second kappa shape index (κ2) is 4.81. The Balaban J connectivity index is 2.19. The van der Waals surface area contributed by atoms with Crippen molar-refractivity contribution in [3.8, 4) is 0 Å². The number of benzene rings is 1. The van der Waals surface area contributed by atoms with Crippen LogP contribution in [0.15, 0.2) is 42.6 Å². The molecule has 0 saturated heterocycles. The van der Waals surface area contributed by atoms with E-state index in [-0.39, 0.29) is 5.75 Å². The summed E-state index contributed by atoms with van der Waals surface area (Å²) >= 11 is 0. The van der Waals surface area contributed by atoms with Crippen molar-refractivity contribution in [2.45, 2.75) is 13.0 Å². The van der Waals surface area contributed by atoms with Gasteiger partial charge in [0.2, 0.25) is 5.52 Å². The van der Waals surface area contributed by atoms with Crippen LogP contribution < -0.4 is 4.57 Å². The molecule has 90 valence electrons. The maximum absolute atomic E-state index is 10.6. The molecule has 2 rings (SSSR count). The standard InChI is InChI=1S/C12H13NO3S/c14-17(15,16)10-4-9-13-8-3-6-11-5-1-2-7-12(11)13/h1-3,5-8H,4,9-10H2/p+1. The van der Waals surface area contributed by atoms with E-state index in [2.05, 4.69) is 0 Å². The van der Waals surface area contributed by atoms with Crippen molar-refractivity contribution < 1.29 is 17.5 Å². The van der Waals surface area contributed by atoms with Gasteiger partial charge in [-0.3, -0.25) is 4.55 Å². The van der Waals surface area contributed by atoms with Gasteiger partial charge in [-0.25, -0.2) is 0 Å². The van der Waals surface area contributed by atoms with E-state index in [9.17, 15) is 8.42 Å². The number of aromatic nitrogens is 1. The summed E-state index contributed by atoms with van der Waals surface area (Å²) in [5, 5.41) is 1.11. The molecule has 17 heavy (non-hydrogen) atoms. The number of aryl methyl sites for hydroxylation is 1. The smallest absolute Gasteiger partial charge is 0.265 e. The Morgan fingerprint density at radius 3 is 2.59 bits per heavy atom. The molecule has 0 atom stereocenters. The largest absolute Gasteiger partial charge is 0.286 e. The summed E-state index contributed by atoms with van der Waals surface area (Å²) in [6.45, 7) is 0.571. The molecule has 1 aromatic carbocycles. The summed E-state index contributed by atoms with van der Waals surface area (Å²) in [6, 6.07) is 11.8. The highest BCUT2D eigenvalue weighted by molar-refractivity contribution is 7.85. The van der Waals surface area contributed by atoms with Gasteiger partial charge in [0.1, 0.15) is 6.54 Å². The second-order valence-electron chi connectivity index (χ2n) is 3.90. The lowest BCUT2D eigenvalue weighted by atomic mass is 10.2. The molecule has 1 heterocycles. The third-order valence-electron chi connectivity index (χ3n) is 2.59. The Hall–Kier alpha value is -1.46. The van der Waals surface area contributed by atoms with Gasteiger partial charge in [0.15, 0.2) is 6.20 Å². The average Bonchev–Trinajstić information content (AvgIpc) is 2.28. The van der Waals surface area contributed by atoms with Crippen molar-refractivity contribution in [2.24, 2.45) is 0 Å². The molecule has 5 heteroatoms. The van der Waals surface area contributed by atoms with Gasteiger partial charge in [-0.15, -0.1) is 0 Å². The minimum absolute atomic E-state index is 0.205. The zero-order valence-electron chi connectivity index (χ0n) is 9.28. The lowest BCUT2D eigenvalue weighted by molar-refractivity contribution is -0.671. The van der Waals surface area contributed by atoms with Crippen LogP contribution in [-0.2, 0) is 16.7 Å². The van der Waals surface area contributed by atoms with E-state index < -0.39 is 10.1 Å². The summed E-state index contributed by atoms with van der Waals surface area (Å²) in [7, 11) is -3.86. The molecule has 0 aliphatic rings. The Morgan fingerprint density at radius 2 is 1.82 bits per heavy atom. The quantitative estimate of drug-likeness (QED) is 0.661. The SMILES string of the molecule is O=S(=O)(O)CCC[n+]1cccc2ccccc21. The van der Waals surface area contributed by atoms with E-state index in [1.54, 1.807) is 0 Å². The lowest BCUT2D eigenvalue weighted by Gasteiger charge is -2.00. The van der Waals surface area contributed by atoms with E-state index in [1.165, 1.54) is 0 Å². The highest BCUT2D eigenvalue weighted by Crippen LogP contribution is 2.07. The second-order valence-corrected chi connectivity index (χ2v) is 5.47. The fourth-order valence-electron chi connectivity index (χ4n) is 1.83. The van der Waals surface area contributed by atoms with Crippen molar-refractivity contribution in [1.29, 1.82) is 0 Å². The highest BCUT2D eigenvalue weighted by atomic mass is 32.2. The van der Waals surface area contributed by atoms with E-state index in [0.717, 1.165) is 10.9 Å². The molecule has 0 radical (unpaired) electrons. The summed E-state index contributed by atoms with van der Waals surface area (Å²) in [6.07, 6.45) is 2.31. The molecule has 0 aliphatic heterocycles. The predicted molar refractivity (Wildman–Crippen MR) is 65.2 cm³/mol. The molecule has 0 spiro atoms. The van der Waals surface area contributed by atoms with Gasteiger partial charge >= 0.3 is 0 Å². The molecule has 0 unspecified atom stereocenters. The van der Waals surface area contributed by atoms with Gasteiger partial charge in [-0.1, -0.05) is 12.1 Å². The van der Waals surface area contributed by atoms with Gasteiger partial charge < -0.3 is 0 Å². The molecule has 1 N–H and O–H groups in total. The van der Waals surface area contributed by atoms with Crippen molar-refractivity contribution in [3.63, 3.8) is 0 Å². The van der Waals surface area contributed by atoms with Crippen LogP contribution in [0.5, 0.6) is 0 Å². The lowest BCUT2D eigenvalue weighted by Crippen LogP contribution is -2.34. The summed E-state index contributed by atoms with van der Waals surface area (Å²) in [4.78, 5) is 0. The average molecular weight is 252 g/mol. The molecule has 0 bridgehead atoms. The molecule has 0 fully saturated rings. The number of nitrogens with zero attached hydrogens (tertiary/aromatic N) is 1. The van der Waals surface area contributed by atoms with E-state index in [1.807, 2.05) is 47.2 Å². The molecule has 0 saturated carbocycles. The van der Waals surface area contributed by atoms with Gasteiger partial charge in [-0.2, -0.15) is 13.0 Å². The van der Waals surface area contributed by atoms with Crippen LogP contribution in [0.4, 0.5) is 0 Å². The normalized spacial score (nSPS) is 11.8. The molecule has 4 nitrogen and oxygen atoms in total. The van der Waals surface area contributed by atoms with Crippen LogP contribution in [0.3, 0.4) is 0 Å². The minimum atomic E-state index is -3.86. The predicted octanol–water partition coefficient (Wildman–Crippen LogP) is 1.41. The number of hydrogen-bond acceptors (Lipinski definition) is 2. The molecule has 2 aromatic rings. The van der Waals surface area contributed by atoms with Crippen LogP contribution in [0.1, 0.15) is 6.42 Å². The highest BCUT2D eigenvalue weighted by Gasteiger charge is 2.10. The zero-order valence-corrected chi connectivity index (χ0v) is 10.1. The van der Waals surface area contributed by atoms with E-state index in [4.69, 9.17) is 4.55 Å². The summed E-state index contributed by atoms with van der Waals surface area (Å²) < 4.78 is 31.9. The first-order valence-electron chi connectivity index (χ1n) is 5.39. The van der Waals surface area contributed by atoms with E-state index in [0.29, 0.717) is 13.0 Å². The Morgan fingerprint density at radius 1 is 1.12 bits per heavy atom. The van der Waals surface area contributed by atoms with Gasteiger partial charge in [-0.05, 0) is 12.1 Å². The Labute approximate surface area is 100 Å². The molecular weight excluding hydrogens is 238 g/mol. The minimum Gasteiger partial charge on any atom is -0.286 e. The van der Waals surface area contributed by atoms with E-state index >= 15 is 0 Å². The first kappa shape index (κ1) is 12.0. The third kappa shape index (κ3) is 3.25. The van der Waals surface area contributed by atoms with Crippen LogP contribution in [0.25, 0.3) is 10.9 Å². The van der Waals surface area contributed by atoms with Crippen LogP contribution in [0, 0.1) is 0 Å². The van der Waals surface area contributed by atoms with Crippen molar-refractivity contribution in [3.05, 3.63) is 42.6 Å². The Kier molecular flexibility index (Phi) is 3.40. The number of hydrogen-bond donors (Lipinski definition) is 1. The number of fused-ring (bicyclic) bond motifs is 1. The fourth-order valence-corrected chi connectivity index (χ4v) is 2.33. The van der Waals surface area contributed by atoms with Crippen molar-refractivity contribution in [2.75, 3.05) is 5.75 Å². The molecule has 0 amide bonds. The van der Waals surface area contributed by atoms with Crippen LogP contribution in [0.2, 0.25) is 0 Å². The van der Waals surface area contributed by atoms with Gasteiger partial charge in [0.05, 0.1) is 5.75 Å². The topological polar surface area (TPSA) is 58.3 Å². The number of rotatable bonds is 4. The fraction of sp³-hybridized carbons (Fsp3) is 0.250. The maximum atomic E-state index is 10.6. The molecular formula is C12H14NO3S+. The number of pyridine rings is 1. The van der Waals surface area contributed by atoms with Gasteiger partial charge in [0.25, 0.3) is 10.1 Å². The number of para-hydroxylation sites is 1. The van der Waals surface area contributed by atoms with Crippen molar-refractivity contribution >= 4 is 21.0 Å². The zero-order chi connectivity index (χ0) is 12.3. The third-order valence-corrected chi connectivity index (χ3v) is 3.39. The maximum Gasteiger partial charge on any atom is 0.265 e. The van der Waals surface area contributed by atoms with Crippen LogP contribution >= 0.6 is 0 Å². The summed E-state index contributed by atoms with van der Waals surface area (Å²) in [5.41, 5.74) is 1.06. The Bertz CT molecular complexity index is 617. The monoisotopic (exact) mass is 252 g/mol. The van der Waals surface area contributed by atoms with Gasteiger partial charge in [0, 0.05) is 23.9 Å². The first-order valence-corrected chi connectivity index (χ1v) is 6.99. The molecule has 1 aromatic heterocycles. The first-order chi connectivity index (χ1) is 8.06.